The second-order valence-electron chi connectivity index (χ2n) is 5.08. The Balaban J connectivity index is 1.87. The second kappa shape index (κ2) is 6.37. The van der Waals surface area contributed by atoms with E-state index in [-0.39, 0.29) is 11.9 Å². The van der Waals surface area contributed by atoms with Crippen LogP contribution in [0.1, 0.15) is 6.92 Å². The molecular weight excluding hydrogens is 300 g/mol. The molecule has 0 radical (unpaired) electrons. The zero-order valence-corrected chi connectivity index (χ0v) is 13.1. The summed E-state index contributed by atoms with van der Waals surface area (Å²) in [5, 5.41) is 3.83. The highest BCUT2D eigenvalue weighted by atomic mass is 32.2. The van der Waals surface area contributed by atoms with Crippen LogP contribution in [0.2, 0.25) is 0 Å². The molecule has 3 heterocycles. The van der Waals surface area contributed by atoms with E-state index in [1.807, 2.05) is 30.3 Å². The molecule has 116 valence electrons. The van der Waals surface area contributed by atoms with Crippen molar-refractivity contribution in [1.82, 2.24) is 20.3 Å². The molecule has 4 N–H and O–H groups in total. The highest BCUT2D eigenvalue weighted by Crippen LogP contribution is 2.28. The van der Waals surface area contributed by atoms with Gasteiger partial charge in [-0.15, -0.1) is 11.8 Å². The highest BCUT2D eigenvalue weighted by Gasteiger charge is 2.21. The van der Waals surface area contributed by atoms with Gasteiger partial charge in [0.25, 0.3) is 5.91 Å². The molecule has 8 heteroatoms. The maximum Gasteiger partial charge on any atom is 0.259 e. The van der Waals surface area contributed by atoms with Crippen molar-refractivity contribution in [2.75, 3.05) is 23.7 Å². The fourth-order valence-electron chi connectivity index (χ4n) is 2.23. The summed E-state index contributed by atoms with van der Waals surface area (Å²) in [5.41, 5.74) is 6.34. The molecule has 0 fully saturated rings. The van der Waals surface area contributed by atoms with Crippen LogP contribution < -0.4 is 16.0 Å². The number of carbonyl (C=O) groups is 1. The fourth-order valence-corrected chi connectivity index (χ4v) is 3.13. The molecule has 2 aromatic rings. The second-order valence-corrected chi connectivity index (χ2v) is 6.22. The predicted octanol–water partition coefficient (Wildman–Crippen LogP) is 0.816. The van der Waals surface area contributed by atoms with E-state index >= 15 is 0 Å². The minimum atomic E-state index is -0.0907. The molecule has 3 rings (SSSR count). The first-order chi connectivity index (χ1) is 10.7. The van der Waals surface area contributed by atoms with Crippen molar-refractivity contribution >= 4 is 34.5 Å². The van der Waals surface area contributed by atoms with E-state index in [4.69, 9.17) is 5.73 Å². The van der Waals surface area contributed by atoms with Crippen molar-refractivity contribution < 1.29 is 4.79 Å². The number of hydrogen-bond acceptors (Lipinski definition) is 6. The number of hydrogen-bond donors (Lipinski definition) is 3. The maximum atomic E-state index is 12.2. The van der Waals surface area contributed by atoms with Gasteiger partial charge in [-0.25, -0.2) is 9.97 Å². The van der Waals surface area contributed by atoms with E-state index in [0.29, 0.717) is 11.4 Å². The van der Waals surface area contributed by atoms with Crippen LogP contribution in [0.25, 0.3) is 11.0 Å². The summed E-state index contributed by atoms with van der Waals surface area (Å²) in [7, 11) is 0. The van der Waals surface area contributed by atoms with Crippen molar-refractivity contribution in [2.45, 2.75) is 13.0 Å². The number of amides is 1. The van der Waals surface area contributed by atoms with Crippen LogP contribution in [-0.4, -0.2) is 45.7 Å². The quantitative estimate of drug-likeness (QED) is 0.771. The highest BCUT2D eigenvalue weighted by molar-refractivity contribution is 8.04. The van der Waals surface area contributed by atoms with Gasteiger partial charge < -0.3 is 20.9 Å². The molecule has 0 saturated heterocycles. The lowest BCUT2D eigenvalue weighted by molar-refractivity contribution is -0.117. The Morgan fingerprint density at radius 1 is 1.59 bits per heavy atom. The summed E-state index contributed by atoms with van der Waals surface area (Å²) in [5.74, 6) is 1.54. The van der Waals surface area contributed by atoms with E-state index in [1.165, 1.54) is 6.33 Å². The van der Waals surface area contributed by atoms with Crippen LogP contribution in [0, 0.1) is 0 Å². The van der Waals surface area contributed by atoms with E-state index < -0.39 is 0 Å². The Bertz CT molecular complexity index is 712. The van der Waals surface area contributed by atoms with Crippen LogP contribution in [0.5, 0.6) is 0 Å². The van der Waals surface area contributed by atoms with Gasteiger partial charge in [0.05, 0.1) is 10.3 Å². The number of aromatic amines is 1. The molecule has 1 aliphatic heterocycles. The smallest absolute Gasteiger partial charge is 0.259 e. The summed E-state index contributed by atoms with van der Waals surface area (Å²) < 4.78 is 0. The molecule has 0 saturated carbocycles. The minimum Gasteiger partial charge on any atom is -0.348 e. The van der Waals surface area contributed by atoms with Crippen LogP contribution in [0.15, 0.2) is 29.7 Å². The average Bonchev–Trinajstić information content (AvgIpc) is 3.03. The summed E-state index contributed by atoms with van der Waals surface area (Å²) in [6.07, 6.45) is 5.21. The molecule has 1 atom stereocenters. The first kappa shape index (κ1) is 14.9. The van der Waals surface area contributed by atoms with Gasteiger partial charge in [0.1, 0.15) is 17.8 Å². The molecule has 22 heavy (non-hydrogen) atoms. The molecule has 7 nitrogen and oxygen atoms in total. The van der Waals surface area contributed by atoms with Gasteiger partial charge in [-0.05, 0) is 13.0 Å². The van der Waals surface area contributed by atoms with E-state index in [1.54, 1.807) is 11.8 Å². The molecule has 2 aromatic heterocycles. The summed E-state index contributed by atoms with van der Waals surface area (Å²) in [6.45, 7) is 3.10. The zero-order valence-electron chi connectivity index (χ0n) is 12.2. The van der Waals surface area contributed by atoms with E-state index in [9.17, 15) is 4.79 Å². The molecule has 0 bridgehead atoms. The van der Waals surface area contributed by atoms with Crippen LogP contribution in [-0.2, 0) is 4.79 Å². The van der Waals surface area contributed by atoms with Crippen LogP contribution >= 0.6 is 11.8 Å². The van der Waals surface area contributed by atoms with Crippen LogP contribution in [0.3, 0.4) is 0 Å². The van der Waals surface area contributed by atoms with Gasteiger partial charge >= 0.3 is 0 Å². The standard InChI is InChI=1S/C14H18N6OS/c1-9(6-15)19-14(21)11-7-20(4-5-22-11)13-10-2-3-16-12(10)17-8-18-13/h2-3,7-9H,4-6,15H2,1H3,(H,19,21)(H,16,17,18). The first-order valence-corrected chi connectivity index (χ1v) is 8.08. The predicted molar refractivity (Wildman–Crippen MR) is 88.4 cm³/mol. The van der Waals surface area contributed by atoms with Crippen LogP contribution in [0.4, 0.5) is 5.82 Å². The molecule has 0 spiro atoms. The monoisotopic (exact) mass is 318 g/mol. The molecule has 1 unspecified atom stereocenters. The average molecular weight is 318 g/mol. The van der Waals surface area contributed by atoms with E-state index in [2.05, 4.69) is 20.3 Å². The number of H-pyrrole nitrogens is 1. The van der Waals surface area contributed by atoms with Gasteiger partial charge in [-0.1, -0.05) is 0 Å². The van der Waals surface area contributed by atoms with E-state index in [0.717, 1.165) is 29.1 Å². The number of thioether (sulfide) groups is 1. The summed E-state index contributed by atoms with van der Waals surface area (Å²) in [6, 6.07) is 1.90. The molecular formula is C14H18N6OS. The van der Waals surface area contributed by atoms with Gasteiger partial charge in [0.15, 0.2) is 0 Å². The largest absolute Gasteiger partial charge is 0.348 e. The summed E-state index contributed by atoms with van der Waals surface area (Å²) >= 11 is 1.55. The maximum absolute atomic E-state index is 12.2. The molecule has 1 aliphatic rings. The third kappa shape index (κ3) is 2.93. The van der Waals surface area contributed by atoms with Gasteiger partial charge in [0.2, 0.25) is 0 Å². The first-order valence-electron chi connectivity index (χ1n) is 7.09. The lowest BCUT2D eigenvalue weighted by Gasteiger charge is -2.26. The Labute approximate surface area is 132 Å². The Kier molecular flexibility index (Phi) is 4.30. The normalized spacial score (nSPS) is 16.5. The molecule has 0 aromatic carbocycles. The number of nitrogens with zero attached hydrogens (tertiary/aromatic N) is 3. The summed E-state index contributed by atoms with van der Waals surface area (Å²) in [4.78, 5) is 26.5. The minimum absolute atomic E-state index is 0.0418. The van der Waals surface area contributed by atoms with Gasteiger partial charge in [0, 0.05) is 37.3 Å². The van der Waals surface area contributed by atoms with Crippen molar-refractivity contribution in [2.24, 2.45) is 5.73 Å². The third-order valence-electron chi connectivity index (χ3n) is 3.42. The van der Waals surface area contributed by atoms with Gasteiger partial charge in [-0.2, -0.15) is 0 Å². The Hall–Kier alpha value is -2.06. The zero-order chi connectivity index (χ0) is 15.5. The lowest BCUT2D eigenvalue weighted by Crippen LogP contribution is -2.39. The number of carbonyl (C=O) groups excluding carboxylic acids is 1. The SMILES string of the molecule is CC(CN)NC(=O)C1=CN(c2ncnc3[nH]ccc23)CCS1. The topological polar surface area (TPSA) is 99.9 Å². The van der Waals surface area contributed by atoms with Crippen molar-refractivity contribution in [3.8, 4) is 0 Å². The number of nitrogens with one attached hydrogen (secondary N) is 2. The number of rotatable bonds is 4. The number of aromatic nitrogens is 3. The van der Waals surface area contributed by atoms with Crippen molar-refractivity contribution in [3.05, 3.63) is 29.7 Å². The molecule has 1 amide bonds. The Morgan fingerprint density at radius 2 is 2.45 bits per heavy atom. The molecule has 0 aliphatic carbocycles. The van der Waals surface area contributed by atoms with Crippen molar-refractivity contribution in [1.29, 1.82) is 0 Å². The van der Waals surface area contributed by atoms with Crippen molar-refractivity contribution in [3.63, 3.8) is 0 Å². The Morgan fingerprint density at radius 3 is 3.27 bits per heavy atom. The fraction of sp³-hybridized carbons (Fsp3) is 0.357. The number of nitrogens with two attached hydrogens (primary N) is 1. The van der Waals surface area contributed by atoms with Gasteiger partial charge in [-0.3, -0.25) is 4.79 Å². The number of fused-ring (bicyclic) bond motifs is 1. The number of anilines is 1. The third-order valence-corrected chi connectivity index (χ3v) is 4.41. The lowest BCUT2D eigenvalue weighted by atomic mass is 10.3.